The number of non-ortho nitro benzene ring substituents is 1. The summed E-state index contributed by atoms with van der Waals surface area (Å²) in [6.07, 6.45) is 0. The van der Waals surface area contributed by atoms with Gasteiger partial charge in [-0.2, -0.15) is 5.10 Å². The van der Waals surface area contributed by atoms with Gasteiger partial charge in [-0.3, -0.25) is 14.9 Å². The predicted octanol–water partition coefficient (Wildman–Crippen LogP) is -0.548. The lowest BCUT2D eigenvalue weighted by molar-refractivity contribution is -0.384. The van der Waals surface area contributed by atoms with Gasteiger partial charge < -0.3 is 10.2 Å². The Morgan fingerprint density at radius 2 is 2.11 bits per heavy atom. The monoisotopic (exact) mass is 251 g/mol. The van der Waals surface area contributed by atoms with Crippen molar-refractivity contribution in [2.45, 2.75) is 5.79 Å². The third-order valence-corrected chi connectivity index (χ3v) is 2.50. The quantitative estimate of drug-likeness (QED) is 0.415. The Hall–Kier alpha value is -2.32. The number of nitrogens with zero attached hydrogens (tertiary/aromatic N) is 3. The molecule has 0 saturated heterocycles. The van der Waals surface area contributed by atoms with E-state index in [1.807, 2.05) is 0 Å². The maximum absolute atomic E-state index is 11.4. The second-order valence-electron chi connectivity index (χ2n) is 3.76. The van der Waals surface area contributed by atoms with Gasteiger partial charge in [-0.15, -0.1) is 0 Å². The summed E-state index contributed by atoms with van der Waals surface area (Å²) < 4.78 is 0. The highest BCUT2D eigenvalue weighted by Crippen LogP contribution is 2.24. The average Bonchev–Trinajstić information content (AvgIpc) is 2.53. The standard InChI is InChI=1S/C10H9N3O5/c1-12-9(14)10(15,16)8(11-12)6-3-2-4-7(5-6)13(17)18/h2-5,15-16H,1H3. The number of benzene rings is 1. The van der Waals surface area contributed by atoms with E-state index in [2.05, 4.69) is 5.10 Å². The molecule has 0 spiro atoms. The Bertz CT molecular complexity index is 566. The molecule has 0 unspecified atom stereocenters. The maximum atomic E-state index is 11.4. The van der Waals surface area contributed by atoms with Crippen LogP contribution in [0.1, 0.15) is 5.56 Å². The summed E-state index contributed by atoms with van der Waals surface area (Å²) in [4.78, 5) is 21.4. The van der Waals surface area contributed by atoms with E-state index in [0.29, 0.717) is 0 Å². The van der Waals surface area contributed by atoms with E-state index < -0.39 is 16.6 Å². The zero-order valence-electron chi connectivity index (χ0n) is 9.27. The molecule has 0 aliphatic carbocycles. The van der Waals surface area contributed by atoms with E-state index in [1.165, 1.54) is 25.2 Å². The van der Waals surface area contributed by atoms with Crippen LogP contribution in [0.3, 0.4) is 0 Å². The Morgan fingerprint density at radius 1 is 1.44 bits per heavy atom. The van der Waals surface area contributed by atoms with Gasteiger partial charge in [-0.1, -0.05) is 12.1 Å². The number of hydrogen-bond donors (Lipinski definition) is 2. The van der Waals surface area contributed by atoms with Crippen LogP contribution in [-0.4, -0.2) is 44.6 Å². The van der Waals surface area contributed by atoms with E-state index in [4.69, 9.17) is 0 Å². The van der Waals surface area contributed by atoms with Crippen molar-refractivity contribution >= 4 is 17.3 Å². The molecule has 1 aromatic carbocycles. The van der Waals surface area contributed by atoms with Crippen LogP contribution in [0, 0.1) is 10.1 Å². The number of hydrogen-bond acceptors (Lipinski definition) is 6. The summed E-state index contributed by atoms with van der Waals surface area (Å²) in [5, 5.41) is 34.3. The molecule has 0 bridgehead atoms. The van der Waals surface area contributed by atoms with Gasteiger partial charge in [0.2, 0.25) is 0 Å². The molecule has 0 atom stereocenters. The first-order valence-electron chi connectivity index (χ1n) is 4.91. The first kappa shape index (κ1) is 12.1. The van der Waals surface area contributed by atoms with Crippen molar-refractivity contribution in [2.75, 3.05) is 7.05 Å². The van der Waals surface area contributed by atoms with Crippen LogP contribution >= 0.6 is 0 Å². The van der Waals surface area contributed by atoms with Crippen LogP contribution in [-0.2, 0) is 4.79 Å². The third kappa shape index (κ3) is 1.73. The molecule has 2 N–H and O–H groups in total. The number of rotatable bonds is 2. The fraction of sp³-hybridized carbons (Fsp3) is 0.200. The first-order valence-corrected chi connectivity index (χ1v) is 4.91. The highest BCUT2D eigenvalue weighted by molar-refractivity contribution is 6.20. The minimum Gasteiger partial charge on any atom is -0.353 e. The summed E-state index contributed by atoms with van der Waals surface area (Å²) in [5.74, 6) is -3.77. The van der Waals surface area contributed by atoms with Crippen molar-refractivity contribution in [3.05, 3.63) is 39.9 Å². The largest absolute Gasteiger partial charge is 0.353 e. The molecule has 0 saturated carbocycles. The summed E-state index contributed by atoms with van der Waals surface area (Å²) in [6, 6.07) is 5.14. The van der Waals surface area contributed by atoms with Crippen LogP contribution in [0.2, 0.25) is 0 Å². The van der Waals surface area contributed by atoms with Gasteiger partial charge in [0.1, 0.15) is 5.71 Å². The lowest BCUT2D eigenvalue weighted by Crippen LogP contribution is -2.45. The number of likely N-dealkylation sites (N-methyl/N-ethyl adjacent to an activating group) is 1. The Labute approximate surface area is 101 Å². The van der Waals surface area contributed by atoms with Gasteiger partial charge in [-0.25, -0.2) is 5.01 Å². The summed E-state index contributed by atoms with van der Waals surface area (Å²) >= 11 is 0. The molecule has 94 valence electrons. The number of nitro benzene ring substituents is 1. The summed E-state index contributed by atoms with van der Waals surface area (Å²) in [6.45, 7) is 0. The second kappa shape index (κ2) is 3.86. The van der Waals surface area contributed by atoms with E-state index in [1.54, 1.807) is 0 Å². The van der Waals surface area contributed by atoms with E-state index in [-0.39, 0.29) is 17.0 Å². The molecule has 1 aliphatic rings. The number of carbonyl (C=O) groups excluding carboxylic acids is 1. The zero-order valence-corrected chi connectivity index (χ0v) is 9.27. The smallest absolute Gasteiger partial charge is 0.309 e. The van der Waals surface area contributed by atoms with Crippen molar-refractivity contribution in [2.24, 2.45) is 5.10 Å². The lowest BCUT2D eigenvalue weighted by atomic mass is 10.0. The van der Waals surface area contributed by atoms with Crippen LogP contribution in [0.4, 0.5) is 5.69 Å². The molecule has 0 radical (unpaired) electrons. The van der Waals surface area contributed by atoms with Gasteiger partial charge in [0.25, 0.3) is 11.5 Å². The number of nitro groups is 1. The van der Waals surface area contributed by atoms with Crippen molar-refractivity contribution in [3.63, 3.8) is 0 Å². The minimum atomic E-state index is -2.76. The molecular formula is C10H9N3O5. The minimum absolute atomic E-state index is 0.104. The predicted molar refractivity (Wildman–Crippen MR) is 59.6 cm³/mol. The molecule has 1 aromatic rings. The number of aliphatic hydroxyl groups is 2. The number of hydrazone groups is 1. The van der Waals surface area contributed by atoms with E-state index in [0.717, 1.165) is 11.1 Å². The average molecular weight is 251 g/mol. The fourth-order valence-electron chi connectivity index (χ4n) is 1.62. The lowest BCUT2D eigenvalue weighted by Gasteiger charge is -2.14. The Morgan fingerprint density at radius 3 is 2.61 bits per heavy atom. The van der Waals surface area contributed by atoms with Gasteiger partial charge >= 0.3 is 5.91 Å². The van der Waals surface area contributed by atoms with Crippen LogP contribution in [0.25, 0.3) is 0 Å². The van der Waals surface area contributed by atoms with Crippen molar-refractivity contribution in [3.8, 4) is 0 Å². The molecule has 8 nitrogen and oxygen atoms in total. The normalized spacial score (nSPS) is 17.8. The molecule has 18 heavy (non-hydrogen) atoms. The van der Waals surface area contributed by atoms with Gasteiger partial charge in [0.05, 0.1) is 4.92 Å². The first-order chi connectivity index (χ1) is 8.34. The second-order valence-corrected chi connectivity index (χ2v) is 3.76. The number of carbonyl (C=O) groups is 1. The van der Waals surface area contributed by atoms with Crippen LogP contribution in [0.15, 0.2) is 29.4 Å². The molecule has 0 fully saturated rings. The molecular weight excluding hydrogens is 242 g/mol. The molecule has 1 heterocycles. The topological polar surface area (TPSA) is 116 Å². The summed E-state index contributed by atoms with van der Waals surface area (Å²) in [5.41, 5.74) is -0.460. The van der Waals surface area contributed by atoms with Gasteiger partial charge in [0.15, 0.2) is 0 Å². The van der Waals surface area contributed by atoms with E-state index in [9.17, 15) is 25.1 Å². The van der Waals surface area contributed by atoms with Crippen molar-refractivity contribution in [1.29, 1.82) is 0 Å². The SMILES string of the molecule is CN1N=C(c2cccc([N+](=O)[O-])c2)C(O)(O)C1=O. The zero-order chi connectivity index (χ0) is 13.5. The molecule has 2 rings (SSSR count). The molecule has 0 aromatic heterocycles. The Balaban J connectivity index is 2.50. The van der Waals surface area contributed by atoms with Gasteiger partial charge in [0, 0.05) is 24.7 Å². The third-order valence-electron chi connectivity index (χ3n) is 2.50. The maximum Gasteiger partial charge on any atom is 0.309 e. The molecule has 1 aliphatic heterocycles. The number of amides is 1. The van der Waals surface area contributed by atoms with Crippen molar-refractivity contribution in [1.82, 2.24) is 5.01 Å². The van der Waals surface area contributed by atoms with E-state index >= 15 is 0 Å². The van der Waals surface area contributed by atoms with Crippen LogP contribution < -0.4 is 0 Å². The van der Waals surface area contributed by atoms with Crippen LogP contribution in [0.5, 0.6) is 0 Å². The fourth-order valence-corrected chi connectivity index (χ4v) is 1.62. The van der Waals surface area contributed by atoms with Crippen molar-refractivity contribution < 1.29 is 19.9 Å². The highest BCUT2D eigenvalue weighted by atomic mass is 16.6. The van der Waals surface area contributed by atoms with Gasteiger partial charge in [-0.05, 0) is 0 Å². The Kier molecular flexibility index (Phi) is 2.60. The highest BCUT2D eigenvalue weighted by Gasteiger charge is 2.48. The summed E-state index contributed by atoms with van der Waals surface area (Å²) in [7, 11) is 1.26. The molecule has 8 heteroatoms. The molecule has 1 amide bonds.